The molecular formula is C14H17N3OS. The summed E-state index contributed by atoms with van der Waals surface area (Å²) in [5.41, 5.74) is 0.949. The second-order valence-corrected chi connectivity index (χ2v) is 5.96. The molecule has 1 saturated heterocycles. The Morgan fingerprint density at radius 3 is 2.95 bits per heavy atom. The number of hydrogen-bond acceptors (Lipinski definition) is 4. The minimum Gasteiger partial charge on any atom is -0.317 e. The zero-order valence-corrected chi connectivity index (χ0v) is 11.5. The molecule has 100 valence electrons. The Morgan fingerprint density at radius 2 is 2.16 bits per heavy atom. The van der Waals surface area contributed by atoms with Gasteiger partial charge in [0, 0.05) is 6.42 Å². The average Bonchev–Trinajstić information content (AvgIpc) is 2.81. The number of amides is 1. The van der Waals surface area contributed by atoms with E-state index in [1.165, 1.54) is 11.3 Å². The molecule has 4 nitrogen and oxygen atoms in total. The largest absolute Gasteiger partial charge is 0.317 e. The van der Waals surface area contributed by atoms with Crippen molar-refractivity contribution in [2.75, 3.05) is 18.4 Å². The van der Waals surface area contributed by atoms with Crippen LogP contribution in [0.5, 0.6) is 0 Å². The Hall–Kier alpha value is -1.46. The van der Waals surface area contributed by atoms with Crippen molar-refractivity contribution in [2.45, 2.75) is 19.3 Å². The van der Waals surface area contributed by atoms with E-state index in [1.807, 2.05) is 24.3 Å². The van der Waals surface area contributed by atoms with Gasteiger partial charge in [-0.2, -0.15) is 0 Å². The predicted octanol–water partition coefficient (Wildman–Crippen LogP) is 2.62. The molecule has 0 aliphatic carbocycles. The molecule has 2 aromatic rings. The van der Waals surface area contributed by atoms with Crippen LogP contribution >= 0.6 is 11.3 Å². The van der Waals surface area contributed by atoms with Crippen molar-refractivity contribution in [3.8, 4) is 0 Å². The van der Waals surface area contributed by atoms with E-state index in [0.717, 1.165) is 36.1 Å². The molecule has 1 fully saturated rings. The smallest absolute Gasteiger partial charge is 0.226 e. The van der Waals surface area contributed by atoms with Gasteiger partial charge in [0.25, 0.3) is 0 Å². The summed E-state index contributed by atoms with van der Waals surface area (Å²) in [6.07, 6.45) is 2.79. The molecular weight excluding hydrogens is 258 g/mol. The number of piperidine rings is 1. The molecule has 2 heterocycles. The van der Waals surface area contributed by atoms with Crippen LogP contribution in [0, 0.1) is 5.92 Å². The summed E-state index contributed by atoms with van der Waals surface area (Å²) in [7, 11) is 0. The van der Waals surface area contributed by atoms with Crippen molar-refractivity contribution in [2.24, 2.45) is 5.92 Å². The number of fused-ring (bicyclic) bond motifs is 1. The van der Waals surface area contributed by atoms with Gasteiger partial charge in [-0.1, -0.05) is 23.5 Å². The molecule has 2 N–H and O–H groups in total. The fourth-order valence-corrected chi connectivity index (χ4v) is 3.33. The SMILES string of the molecule is O=C(CC1CCNCC1)Nc1nc2ccccc2s1. The monoisotopic (exact) mass is 275 g/mol. The first kappa shape index (κ1) is 12.6. The standard InChI is InChI=1S/C14H17N3OS/c18-13(9-10-5-7-15-8-6-10)17-14-16-11-3-1-2-4-12(11)19-14/h1-4,10,15H,5-9H2,(H,16,17,18). The molecule has 1 amide bonds. The number of rotatable bonds is 3. The Balaban J connectivity index is 1.62. The molecule has 0 spiro atoms. The summed E-state index contributed by atoms with van der Waals surface area (Å²) < 4.78 is 1.11. The highest BCUT2D eigenvalue weighted by molar-refractivity contribution is 7.22. The van der Waals surface area contributed by atoms with Crippen LogP contribution in [0.2, 0.25) is 0 Å². The van der Waals surface area contributed by atoms with Crippen molar-refractivity contribution in [3.05, 3.63) is 24.3 Å². The van der Waals surface area contributed by atoms with E-state index in [4.69, 9.17) is 0 Å². The van der Waals surface area contributed by atoms with E-state index >= 15 is 0 Å². The second kappa shape index (κ2) is 5.67. The van der Waals surface area contributed by atoms with Crippen LogP contribution in [0.3, 0.4) is 0 Å². The molecule has 0 atom stereocenters. The van der Waals surface area contributed by atoms with Gasteiger partial charge in [0.15, 0.2) is 5.13 Å². The van der Waals surface area contributed by atoms with Gasteiger partial charge in [-0.05, 0) is 44.0 Å². The molecule has 0 radical (unpaired) electrons. The summed E-state index contributed by atoms with van der Waals surface area (Å²) in [5, 5.41) is 6.95. The molecule has 1 aromatic heterocycles. The van der Waals surface area contributed by atoms with Gasteiger partial charge in [0.1, 0.15) is 0 Å². The van der Waals surface area contributed by atoms with Gasteiger partial charge in [-0.3, -0.25) is 4.79 Å². The zero-order chi connectivity index (χ0) is 13.1. The quantitative estimate of drug-likeness (QED) is 0.905. The van der Waals surface area contributed by atoms with Gasteiger partial charge < -0.3 is 10.6 Å². The van der Waals surface area contributed by atoms with E-state index in [2.05, 4.69) is 15.6 Å². The van der Waals surface area contributed by atoms with Crippen LogP contribution in [-0.2, 0) is 4.79 Å². The molecule has 0 saturated carbocycles. The van der Waals surface area contributed by atoms with E-state index < -0.39 is 0 Å². The summed E-state index contributed by atoms with van der Waals surface area (Å²) in [5.74, 6) is 0.599. The first-order valence-electron chi connectivity index (χ1n) is 6.67. The number of carbonyl (C=O) groups is 1. The van der Waals surface area contributed by atoms with Gasteiger partial charge >= 0.3 is 0 Å². The van der Waals surface area contributed by atoms with Crippen molar-refractivity contribution < 1.29 is 4.79 Å². The minimum absolute atomic E-state index is 0.0888. The van der Waals surface area contributed by atoms with E-state index in [1.54, 1.807) is 0 Å². The van der Waals surface area contributed by atoms with Crippen LogP contribution in [0.1, 0.15) is 19.3 Å². The molecule has 0 unspecified atom stereocenters. The maximum atomic E-state index is 12.0. The number of para-hydroxylation sites is 1. The van der Waals surface area contributed by atoms with E-state index in [0.29, 0.717) is 17.5 Å². The van der Waals surface area contributed by atoms with Crippen LogP contribution in [0.15, 0.2) is 24.3 Å². The highest BCUT2D eigenvalue weighted by atomic mass is 32.1. The lowest BCUT2D eigenvalue weighted by molar-refractivity contribution is -0.117. The number of nitrogens with zero attached hydrogens (tertiary/aromatic N) is 1. The third-order valence-corrected chi connectivity index (χ3v) is 4.42. The number of carbonyl (C=O) groups excluding carboxylic acids is 1. The lowest BCUT2D eigenvalue weighted by atomic mass is 9.94. The van der Waals surface area contributed by atoms with Gasteiger partial charge in [-0.25, -0.2) is 4.98 Å². The Kier molecular flexibility index (Phi) is 3.75. The number of hydrogen-bond donors (Lipinski definition) is 2. The third kappa shape index (κ3) is 3.11. The average molecular weight is 275 g/mol. The molecule has 19 heavy (non-hydrogen) atoms. The minimum atomic E-state index is 0.0888. The Labute approximate surface area is 116 Å². The highest BCUT2D eigenvalue weighted by Crippen LogP contribution is 2.26. The molecule has 5 heteroatoms. The van der Waals surface area contributed by atoms with Crippen LogP contribution in [0.25, 0.3) is 10.2 Å². The number of anilines is 1. The normalized spacial score (nSPS) is 16.6. The zero-order valence-electron chi connectivity index (χ0n) is 10.7. The number of benzene rings is 1. The van der Waals surface area contributed by atoms with Crippen LogP contribution < -0.4 is 10.6 Å². The maximum absolute atomic E-state index is 12.0. The van der Waals surface area contributed by atoms with Crippen molar-refractivity contribution >= 4 is 32.6 Å². The van der Waals surface area contributed by atoms with Crippen molar-refractivity contribution in [3.63, 3.8) is 0 Å². The van der Waals surface area contributed by atoms with Crippen LogP contribution in [0.4, 0.5) is 5.13 Å². The number of nitrogens with one attached hydrogen (secondary N) is 2. The molecule has 1 aliphatic rings. The molecule has 1 aliphatic heterocycles. The predicted molar refractivity (Wildman–Crippen MR) is 78.5 cm³/mol. The Morgan fingerprint density at radius 1 is 1.37 bits per heavy atom. The van der Waals surface area contributed by atoms with Gasteiger partial charge in [-0.15, -0.1) is 0 Å². The summed E-state index contributed by atoms with van der Waals surface area (Å²) >= 11 is 1.53. The first-order valence-corrected chi connectivity index (χ1v) is 7.49. The molecule has 3 rings (SSSR count). The summed E-state index contributed by atoms with van der Waals surface area (Å²) in [6.45, 7) is 2.05. The number of aromatic nitrogens is 1. The van der Waals surface area contributed by atoms with Gasteiger partial charge in [0.2, 0.25) is 5.91 Å². The molecule has 0 bridgehead atoms. The molecule has 1 aromatic carbocycles. The topological polar surface area (TPSA) is 54.0 Å². The van der Waals surface area contributed by atoms with E-state index in [-0.39, 0.29) is 5.91 Å². The van der Waals surface area contributed by atoms with Gasteiger partial charge in [0.05, 0.1) is 10.2 Å². The number of thiazole rings is 1. The lowest BCUT2D eigenvalue weighted by Crippen LogP contribution is -2.30. The van der Waals surface area contributed by atoms with E-state index in [9.17, 15) is 4.79 Å². The first-order chi connectivity index (χ1) is 9.31. The second-order valence-electron chi connectivity index (χ2n) is 4.93. The fraction of sp³-hybridized carbons (Fsp3) is 0.429. The third-order valence-electron chi connectivity index (χ3n) is 3.47. The lowest BCUT2D eigenvalue weighted by Gasteiger charge is -2.21. The Bertz CT molecular complexity index is 542. The fourth-order valence-electron chi connectivity index (χ4n) is 2.44. The summed E-state index contributed by atoms with van der Waals surface area (Å²) in [4.78, 5) is 16.4. The van der Waals surface area contributed by atoms with Crippen LogP contribution in [-0.4, -0.2) is 24.0 Å². The van der Waals surface area contributed by atoms with Crippen molar-refractivity contribution in [1.29, 1.82) is 0 Å². The van der Waals surface area contributed by atoms with Crippen molar-refractivity contribution in [1.82, 2.24) is 10.3 Å². The maximum Gasteiger partial charge on any atom is 0.226 e. The summed E-state index contributed by atoms with van der Waals surface area (Å²) in [6, 6.07) is 7.94. The highest BCUT2D eigenvalue weighted by Gasteiger charge is 2.17.